The molecule has 114 valence electrons. The molecule has 0 aromatic rings. The molecular weight excluding hydrogens is 246 g/mol. The van der Waals surface area contributed by atoms with Gasteiger partial charge in [0.2, 0.25) is 0 Å². The summed E-state index contributed by atoms with van der Waals surface area (Å²) in [5.74, 6) is -0.832. The third-order valence-corrected chi connectivity index (χ3v) is 3.38. The summed E-state index contributed by atoms with van der Waals surface area (Å²) in [4.78, 5) is 11.3. The fraction of sp³-hybridized carbons (Fsp3) is 0.929. The Morgan fingerprint density at radius 2 is 1.79 bits per heavy atom. The molecule has 0 heterocycles. The number of methoxy groups -OCH3 is 1. The largest absolute Gasteiger partial charge is 0.480 e. The van der Waals surface area contributed by atoms with Gasteiger partial charge in [-0.25, -0.2) is 0 Å². The molecule has 19 heavy (non-hydrogen) atoms. The summed E-state index contributed by atoms with van der Waals surface area (Å²) in [5.41, 5.74) is -1.11. The SMILES string of the molecule is CCCNC(C)(CCOCCC(C)(C)OC)C(=O)O. The fourth-order valence-electron chi connectivity index (χ4n) is 1.47. The highest BCUT2D eigenvalue weighted by Gasteiger charge is 2.31. The summed E-state index contributed by atoms with van der Waals surface area (Å²) in [6.45, 7) is 9.41. The molecule has 0 saturated carbocycles. The second-order valence-corrected chi connectivity index (χ2v) is 5.64. The number of hydrogen-bond acceptors (Lipinski definition) is 4. The zero-order valence-corrected chi connectivity index (χ0v) is 12.9. The first kappa shape index (κ1) is 18.4. The standard InChI is InChI=1S/C14H29NO4/c1-6-9-15-14(4,12(16)17)8-11-19-10-7-13(2,3)18-5/h15H,6-11H2,1-5H3,(H,16,17). The van der Waals surface area contributed by atoms with Gasteiger partial charge in [0, 0.05) is 20.3 Å². The number of aliphatic carboxylic acids is 1. The van der Waals surface area contributed by atoms with Crippen molar-refractivity contribution in [3.63, 3.8) is 0 Å². The molecule has 0 aliphatic heterocycles. The Bertz CT molecular complexity index is 268. The van der Waals surface area contributed by atoms with Crippen LogP contribution in [0.4, 0.5) is 0 Å². The zero-order valence-electron chi connectivity index (χ0n) is 12.9. The van der Waals surface area contributed by atoms with Crippen LogP contribution in [0.25, 0.3) is 0 Å². The van der Waals surface area contributed by atoms with Gasteiger partial charge in [0.1, 0.15) is 5.54 Å². The van der Waals surface area contributed by atoms with Gasteiger partial charge in [-0.3, -0.25) is 4.79 Å². The van der Waals surface area contributed by atoms with E-state index in [0.29, 0.717) is 26.2 Å². The molecule has 0 fully saturated rings. The predicted octanol–water partition coefficient (Wildman–Crippen LogP) is 2.05. The van der Waals surface area contributed by atoms with Gasteiger partial charge in [0.15, 0.2) is 0 Å². The highest BCUT2D eigenvalue weighted by molar-refractivity contribution is 5.78. The van der Waals surface area contributed by atoms with Crippen molar-refractivity contribution in [3.05, 3.63) is 0 Å². The van der Waals surface area contributed by atoms with Crippen molar-refractivity contribution in [2.45, 2.75) is 58.1 Å². The minimum Gasteiger partial charge on any atom is -0.480 e. The Morgan fingerprint density at radius 1 is 1.21 bits per heavy atom. The topological polar surface area (TPSA) is 67.8 Å². The van der Waals surface area contributed by atoms with E-state index in [9.17, 15) is 9.90 Å². The number of rotatable bonds is 11. The van der Waals surface area contributed by atoms with Crippen molar-refractivity contribution in [2.75, 3.05) is 26.9 Å². The lowest BCUT2D eigenvalue weighted by Gasteiger charge is -2.27. The number of carboxylic acid groups (broad SMARTS) is 1. The molecule has 0 aromatic carbocycles. The molecule has 5 heteroatoms. The van der Waals surface area contributed by atoms with Crippen LogP contribution in [-0.4, -0.2) is 49.1 Å². The highest BCUT2D eigenvalue weighted by Crippen LogP contribution is 2.14. The molecule has 0 radical (unpaired) electrons. The van der Waals surface area contributed by atoms with E-state index in [1.807, 2.05) is 20.8 Å². The van der Waals surface area contributed by atoms with Gasteiger partial charge in [-0.05, 0) is 46.6 Å². The lowest BCUT2D eigenvalue weighted by atomic mass is 9.98. The van der Waals surface area contributed by atoms with E-state index >= 15 is 0 Å². The summed E-state index contributed by atoms with van der Waals surface area (Å²) in [6.07, 6.45) is 2.15. The van der Waals surface area contributed by atoms with Gasteiger partial charge < -0.3 is 19.9 Å². The van der Waals surface area contributed by atoms with Crippen molar-refractivity contribution < 1.29 is 19.4 Å². The van der Waals surface area contributed by atoms with Crippen molar-refractivity contribution in [1.82, 2.24) is 5.32 Å². The maximum absolute atomic E-state index is 11.3. The number of hydrogen-bond donors (Lipinski definition) is 2. The van der Waals surface area contributed by atoms with Gasteiger partial charge in [-0.1, -0.05) is 6.92 Å². The Labute approximate surface area is 116 Å². The molecule has 0 aromatic heterocycles. The van der Waals surface area contributed by atoms with Crippen molar-refractivity contribution in [1.29, 1.82) is 0 Å². The van der Waals surface area contributed by atoms with E-state index in [2.05, 4.69) is 5.32 Å². The Balaban J connectivity index is 3.98. The maximum Gasteiger partial charge on any atom is 0.323 e. The van der Waals surface area contributed by atoms with Crippen LogP contribution < -0.4 is 5.32 Å². The summed E-state index contributed by atoms with van der Waals surface area (Å²) >= 11 is 0. The van der Waals surface area contributed by atoms with Crippen molar-refractivity contribution >= 4 is 5.97 Å². The van der Waals surface area contributed by atoms with Gasteiger partial charge in [-0.2, -0.15) is 0 Å². The van der Waals surface area contributed by atoms with Crippen LogP contribution in [0, 0.1) is 0 Å². The van der Waals surface area contributed by atoms with E-state index in [1.165, 1.54) is 0 Å². The first-order valence-electron chi connectivity index (χ1n) is 6.89. The fourth-order valence-corrected chi connectivity index (χ4v) is 1.47. The number of nitrogens with one attached hydrogen (secondary N) is 1. The molecule has 0 aliphatic rings. The highest BCUT2D eigenvalue weighted by atomic mass is 16.5. The molecule has 5 nitrogen and oxygen atoms in total. The van der Waals surface area contributed by atoms with Gasteiger partial charge in [0.05, 0.1) is 5.60 Å². The second-order valence-electron chi connectivity index (χ2n) is 5.64. The van der Waals surface area contributed by atoms with Crippen LogP contribution in [0.1, 0.15) is 47.0 Å². The van der Waals surface area contributed by atoms with E-state index in [-0.39, 0.29) is 5.60 Å². The normalized spacial score (nSPS) is 15.2. The summed E-state index contributed by atoms with van der Waals surface area (Å²) in [6, 6.07) is 0. The van der Waals surface area contributed by atoms with Crippen LogP contribution >= 0.6 is 0 Å². The lowest BCUT2D eigenvalue weighted by Crippen LogP contribution is -2.50. The third-order valence-electron chi connectivity index (χ3n) is 3.38. The van der Waals surface area contributed by atoms with Gasteiger partial charge >= 0.3 is 5.97 Å². The third kappa shape index (κ3) is 7.50. The number of ether oxygens (including phenoxy) is 2. The van der Waals surface area contributed by atoms with Crippen molar-refractivity contribution in [3.8, 4) is 0 Å². The lowest BCUT2D eigenvalue weighted by molar-refractivity contribution is -0.145. The second kappa shape index (κ2) is 8.51. The van der Waals surface area contributed by atoms with Crippen LogP contribution in [0.3, 0.4) is 0 Å². The first-order valence-corrected chi connectivity index (χ1v) is 6.89. The predicted molar refractivity (Wildman–Crippen MR) is 75.5 cm³/mol. The van der Waals surface area contributed by atoms with Crippen LogP contribution in [-0.2, 0) is 14.3 Å². The Morgan fingerprint density at radius 3 is 2.26 bits per heavy atom. The minimum atomic E-state index is -0.910. The Hall–Kier alpha value is -0.650. The summed E-state index contributed by atoms with van der Waals surface area (Å²) in [7, 11) is 1.68. The van der Waals surface area contributed by atoms with Crippen LogP contribution in [0.15, 0.2) is 0 Å². The first-order chi connectivity index (χ1) is 8.77. The zero-order chi connectivity index (χ0) is 14.9. The van der Waals surface area contributed by atoms with E-state index < -0.39 is 11.5 Å². The average Bonchev–Trinajstić information content (AvgIpc) is 2.35. The average molecular weight is 275 g/mol. The van der Waals surface area contributed by atoms with Gasteiger partial charge in [-0.15, -0.1) is 0 Å². The number of carbonyl (C=O) groups is 1. The molecule has 0 aliphatic carbocycles. The molecule has 0 rings (SSSR count). The molecular formula is C14H29NO4. The molecule has 1 unspecified atom stereocenters. The summed E-state index contributed by atoms with van der Waals surface area (Å²) in [5, 5.41) is 12.3. The molecule has 1 atom stereocenters. The number of carboxylic acids is 1. The monoisotopic (exact) mass is 275 g/mol. The maximum atomic E-state index is 11.3. The van der Waals surface area contributed by atoms with E-state index in [4.69, 9.17) is 9.47 Å². The molecule has 2 N–H and O–H groups in total. The van der Waals surface area contributed by atoms with Gasteiger partial charge in [0.25, 0.3) is 0 Å². The van der Waals surface area contributed by atoms with Crippen LogP contribution in [0.2, 0.25) is 0 Å². The molecule has 0 saturated heterocycles. The van der Waals surface area contributed by atoms with E-state index in [0.717, 1.165) is 12.8 Å². The summed E-state index contributed by atoms with van der Waals surface area (Å²) < 4.78 is 10.8. The van der Waals surface area contributed by atoms with E-state index in [1.54, 1.807) is 14.0 Å². The van der Waals surface area contributed by atoms with Crippen molar-refractivity contribution in [2.24, 2.45) is 0 Å². The van der Waals surface area contributed by atoms with Crippen LogP contribution in [0.5, 0.6) is 0 Å². The molecule has 0 amide bonds. The quantitative estimate of drug-likeness (QED) is 0.565. The smallest absolute Gasteiger partial charge is 0.323 e. The minimum absolute atomic E-state index is 0.198. The molecule has 0 spiro atoms. The molecule has 0 bridgehead atoms. The Kier molecular flexibility index (Phi) is 8.22.